The number of rotatable bonds is 1. The van der Waals surface area contributed by atoms with Crippen molar-refractivity contribution in [3.63, 3.8) is 0 Å². The van der Waals surface area contributed by atoms with Crippen molar-refractivity contribution in [2.75, 3.05) is 13.6 Å². The lowest BCUT2D eigenvalue weighted by atomic mass is 9.82. The number of hydrogen-bond acceptors (Lipinski definition) is 1. The fourth-order valence-corrected chi connectivity index (χ4v) is 2.34. The van der Waals surface area contributed by atoms with Gasteiger partial charge in [-0.15, -0.1) is 0 Å². The van der Waals surface area contributed by atoms with Crippen molar-refractivity contribution in [3.05, 3.63) is 0 Å². The van der Waals surface area contributed by atoms with E-state index in [1.165, 1.54) is 32.2 Å². The zero-order valence-corrected chi connectivity index (χ0v) is 11.1. The lowest BCUT2D eigenvalue weighted by molar-refractivity contribution is 0.203. The predicted octanol–water partition coefficient (Wildman–Crippen LogP) is 3.93. The van der Waals surface area contributed by atoms with Gasteiger partial charge in [-0.05, 0) is 44.7 Å². The van der Waals surface area contributed by atoms with Crippen LogP contribution in [-0.4, -0.2) is 24.5 Å². The normalized spacial score (nSPS) is 27.4. The molecule has 1 heteroatoms. The first-order chi connectivity index (χ1) is 6.55. The molecule has 1 atom stereocenters. The minimum Gasteiger partial charge on any atom is -0.303 e. The van der Waals surface area contributed by atoms with Crippen molar-refractivity contribution in [2.24, 2.45) is 5.41 Å². The van der Waals surface area contributed by atoms with Gasteiger partial charge < -0.3 is 4.90 Å². The Hall–Kier alpha value is -0.0400. The van der Waals surface area contributed by atoms with Crippen LogP contribution < -0.4 is 0 Å². The van der Waals surface area contributed by atoms with E-state index in [0.29, 0.717) is 5.41 Å². The van der Waals surface area contributed by atoms with E-state index < -0.39 is 0 Å². The molecular weight excluding hydrogens is 170 g/mol. The Morgan fingerprint density at radius 3 is 2.36 bits per heavy atom. The predicted molar refractivity (Wildman–Crippen MR) is 65.7 cm³/mol. The van der Waals surface area contributed by atoms with Gasteiger partial charge in [0.1, 0.15) is 0 Å². The van der Waals surface area contributed by atoms with Gasteiger partial charge in [0.05, 0.1) is 0 Å². The van der Waals surface area contributed by atoms with E-state index >= 15 is 0 Å². The highest BCUT2D eigenvalue weighted by Gasteiger charge is 2.27. The van der Waals surface area contributed by atoms with Gasteiger partial charge in [0, 0.05) is 6.04 Å². The van der Waals surface area contributed by atoms with E-state index in [1.54, 1.807) is 0 Å². The van der Waals surface area contributed by atoms with Crippen LogP contribution in [0.2, 0.25) is 0 Å². The quantitative estimate of drug-likeness (QED) is 0.618. The first-order valence-corrected chi connectivity index (χ1v) is 6.25. The SMILES string of the molecule is CC.CCC1CC(C)(C)CCCN1C. The molecule has 0 amide bonds. The summed E-state index contributed by atoms with van der Waals surface area (Å²) in [6.45, 7) is 12.4. The molecule has 0 aliphatic carbocycles. The van der Waals surface area contributed by atoms with Gasteiger partial charge in [-0.25, -0.2) is 0 Å². The molecule has 1 heterocycles. The molecule has 1 aliphatic rings. The highest BCUT2D eigenvalue weighted by molar-refractivity contribution is 4.81. The Labute approximate surface area is 90.9 Å². The fourth-order valence-electron chi connectivity index (χ4n) is 2.34. The first kappa shape index (κ1) is 14.0. The van der Waals surface area contributed by atoms with E-state index in [4.69, 9.17) is 0 Å². The van der Waals surface area contributed by atoms with Gasteiger partial charge >= 0.3 is 0 Å². The van der Waals surface area contributed by atoms with Crippen molar-refractivity contribution in [3.8, 4) is 0 Å². The van der Waals surface area contributed by atoms with Crippen molar-refractivity contribution in [2.45, 2.75) is 66.3 Å². The molecule has 1 unspecified atom stereocenters. The Kier molecular flexibility index (Phi) is 6.43. The van der Waals surface area contributed by atoms with Crippen molar-refractivity contribution in [1.82, 2.24) is 4.90 Å². The van der Waals surface area contributed by atoms with Crippen molar-refractivity contribution < 1.29 is 0 Å². The largest absolute Gasteiger partial charge is 0.303 e. The summed E-state index contributed by atoms with van der Waals surface area (Å²) in [4.78, 5) is 2.54. The molecular formula is C13H29N. The molecule has 1 saturated heterocycles. The average molecular weight is 199 g/mol. The molecule has 86 valence electrons. The molecule has 1 fully saturated rings. The van der Waals surface area contributed by atoms with Gasteiger partial charge in [-0.3, -0.25) is 0 Å². The Bertz CT molecular complexity index is 140. The average Bonchev–Trinajstić information content (AvgIpc) is 2.28. The van der Waals surface area contributed by atoms with Crippen molar-refractivity contribution in [1.29, 1.82) is 0 Å². The number of likely N-dealkylation sites (tertiary alicyclic amines) is 1. The second-order valence-electron chi connectivity index (χ2n) is 5.01. The lowest BCUT2D eigenvalue weighted by Crippen LogP contribution is -2.32. The van der Waals surface area contributed by atoms with Crippen LogP contribution in [0.4, 0.5) is 0 Å². The zero-order valence-electron chi connectivity index (χ0n) is 11.1. The van der Waals surface area contributed by atoms with E-state index in [2.05, 4.69) is 32.7 Å². The molecule has 0 aromatic rings. The molecule has 0 radical (unpaired) electrons. The lowest BCUT2D eigenvalue weighted by Gasteiger charge is -2.29. The van der Waals surface area contributed by atoms with E-state index in [1.807, 2.05) is 13.8 Å². The molecule has 14 heavy (non-hydrogen) atoms. The molecule has 0 aromatic heterocycles. The van der Waals surface area contributed by atoms with Gasteiger partial charge in [-0.2, -0.15) is 0 Å². The maximum absolute atomic E-state index is 2.54. The third-order valence-corrected chi connectivity index (χ3v) is 3.25. The second-order valence-corrected chi connectivity index (χ2v) is 5.01. The zero-order chi connectivity index (χ0) is 11.2. The van der Waals surface area contributed by atoms with Crippen LogP contribution in [0.15, 0.2) is 0 Å². The molecule has 1 aliphatic heterocycles. The molecule has 1 nitrogen and oxygen atoms in total. The maximum atomic E-state index is 2.54. The standard InChI is InChI=1S/C11H23N.C2H6/c1-5-10-9-11(2,3)7-6-8-12(10)4;1-2/h10H,5-9H2,1-4H3;1-2H3. The topological polar surface area (TPSA) is 3.24 Å². The highest BCUT2D eigenvalue weighted by Crippen LogP contribution is 2.33. The summed E-state index contributed by atoms with van der Waals surface area (Å²) >= 11 is 0. The van der Waals surface area contributed by atoms with E-state index in [-0.39, 0.29) is 0 Å². The van der Waals surface area contributed by atoms with Crippen LogP contribution in [0.3, 0.4) is 0 Å². The Morgan fingerprint density at radius 2 is 1.86 bits per heavy atom. The fraction of sp³-hybridized carbons (Fsp3) is 1.00. The van der Waals surface area contributed by atoms with E-state index in [0.717, 1.165) is 6.04 Å². The Morgan fingerprint density at radius 1 is 1.29 bits per heavy atom. The van der Waals surface area contributed by atoms with Gasteiger partial charge in [-0.1, -0.05) is 34.6 Å². The highest BCUT2D eigenvalue weighted by atomic mass is 15.1. The van der Waals surface area contributed by atoms with Crippen LogP contribution >= 0.6 is 0 Å². The molecule has 0 N–H and O–H groups in total. The summed E-state index contributed by atoms with van der Waals surface area (Å²) < 4.78 is 0. The summed E-state index contributed by atoms with van der Waals surface area (Å²) in [5.41, 5.74) is 0.575. The van der Waals surface area contributed by atoms with Gasteiger partial charge in [0.25, 0.3) is 0 Å². The maximum Gasteiger partial charge on any atom is 0.00946 e. The van der Waals surface area contributed by atoms with Crippen molar-refractivity contribution >= 4 is 0 Å². The van der Waals surface area contributed by atoms with Gasteiger partial charge in [0.2, 0.25) is 0 Å². The van der Waals surface area contributed by atoms with Crippen LogP contribution in [0.1, 0.15) is 60.3 Å². The minimum absolute atomic E-state index is 0.575. The molecule has 0 aromatic carbocycles. The molecule has 0 spiro atoms. The summed E-state index contributed by atoms with van der Waals surface area (Å²) in [7, 11) is 2.27. The molecule has 0 bridgehead atoms. The first-order valence-electron chi connectivity index (χ1n) is 6.25. The third-order valence-electron chi connectivity index (χ3n) is 3.25. The summed E-state index contributed by atoms with van der Waals surface area (Å²) in [6, 6.07) is 0.822. The molecule has 0 saturated carbocycles. The van der Waals surface area contributed by atoms with Crippen LogP contribution in [-0.2, 0) is 0 Å². The number of hydrogen-bond donors (Lipinski definition) is 0. The van der Waals surface area contributed by atoms with Crippen LogP contribution in [0.5, 0.6) is 0 Å². The third kappa shape index (κ3) is 4.45. The van der Waals surface area contributed by atoms with Gasteiger partial charge in [0.15, 0.2) is 0 Å². The number of nitrogens with zero attached hydrogens (tertiary/aromatic N) is 1. The van der Waals surface area contributed by atoms with Crippen LogP contribution in [0, 0.1) is 5.41 Å². The summed E-state index contributed by atoms with van der Waals surface area (Å²) in [5.74, 6) is 0. The van der Waals surface area contributed by atoms with Crippen LogP contribution in [0.25, 0.3) is 0 Å². The monoisotopic (exact) mass is 199 g/mol. The summed E-state index contributed by atoms with van der Waals surface area (Å²) in [6.07, 6.45) is 5.45. The summed E-state index contributed by atoms with van der Waals surface area (Å²) in [5, 5.41) is 0. The smallest absolute Gasteiger partial charge is 0.00946 e. The van der Waals surface area contributed by atoms with E-state index in [9.17, 15) is 0 Å². The second kappa shape index (κ2) is 6.44. The Balaban J connectivity index is 0.000000791. The molecule has 1 rings (SSSR count). The minimum atomic E-state index is 0.575.